The van der Waals surface area contributed by atoms with Crippen LogP contribution in [-0.4, -0.2) is 29.5 Å². The predicted octanol–water partition coefficient (Wildman–Crippen LogP) is 2.93. The minimum Gasteiger partial charge on any atom is -0.353 e. The lowest BCUT2D eigenvalue weighted by molar-refractivity contribution is -0.125. The Kier molecular flexibility index (Phi) is 7.84. The van der Waals surface area contributed by atoms with Crippen LogP contribution in [0.2, 0.25) is 0 Å². The fourth-order valence-electron chi connectivity index (χ4n) is 2.66. The van der Waals surface area contributed by atoms with E-state index in [1.54, 1.807) is 0 Å². The standard InChI is InChI=1S/C15H30N2OS/c1-11(5-4-6-12(2)16)15(18)17-13-7-9-14(19-3)10-8-13/h11-14H,4-10,16H2,1-3H3,(H,17,18). The van der Waals surface area contributed by atoms with Crippen LogP contribution in [0.1, 0.15) is 58.8 Å². The second-order valence-corrected chi connectivity index (χ2v) is 7.17. The van der Waals surface area contributed by atoms with Crippen LogP contribution in [0.15, 0.2) is 0 Å². The van der Waals surface area contributed by atoms with Gasteiger partial charge in [0.05, 0.1) is 0 Å². The van der Waals surface area contributed by atoms with Gasteiger partial charge in [-0.3, -0.25) is 4.79 Å². The molecule has 0 aromatic carbocycles. The first-order valence-electron chi connectivity index (χ1n) is 7.61. The van der Waals surface area contributed by atoms with Crippen molar-refractivity contribution in [1.29, 1.82) is 0 Å². The molecular weight excluding hydrogens is 256 g/mol. The van der Waals surface area contributed by atoms with Gasteiger partial charge in [0.1, 0.15) is 0 Å². The van der Waals surface area contributed by atoms with E-state index in [1.165, 1.54) is 12.8 Å². The second-order valence-electron chi connectivity index (χ2n) is 6.03. The van der Waals surface area contributed by atoms with Crippen LogP contribution in [0.5, 0.6) is 0 Å². The van der Waals surface area contributed by atoms with Crippen molar-refractivity contribution in [3.8, 4) is 0 Å². The van der Waals surface area contributed by atoms with E-state index < -0.39 is 0 Å². The average Bonchev–Trinajstić information content (AvgIpc) is 2.39. The van der Waals surface area contributed by atoms with E-state index in [0.717, 1.165) is 37.4 Å². The van der Waals surface area contributed by atoms with Gasteiger partial charge in [-0.2, -0.15) is 11.8 Å². The van der Waals surface area contributed by atoms with Crippen LogP contribution in [0.25, 0.3) is 0 Å². The van der Waals surface area contributed by atoms with Crippen LogP contribution in [0, 0.1) is 5.92 Å². The molecule has 3 nitrogen and oxygen atoms in total. The summed E-state index contributed by atoms with van der Waals surface area (Å²) in [6, 6.07) is 0.656. The van der Waals surface area contributed by atoms with Gasteiger partial charge in [-0.1, -0.05) is 13.3 Å². The SMILES string of the molecule is CSC1CCC(NC(=O)C(C)CCCC(C)N)CC1. The number of rotatable bonds is 7. The minimum absolute atomic E-state index is 0.122. The van der Waals surface area contributed by atoms with E-state index in [1.807, 2.05) is 25.6 Å². The molecule has 1 saturated carbocycles. The summed E-state index contributed by atoms with van der Waals surface area (Å²) in [4.78, 5) is 12.1. The summed E-state index contributed by atoms with van der Waals surface area (Å²) in [6.45, 7) is 4.05. The lowest BCUT2D eigenvalue weighted by Crippen LogP contribution is -2.40. The number of nitrogens with one attached hydrogen (secondary N) is 1. The molecule has 1 rings (SSSR count). The molecule has 3 N–H and O–H groups in total. The van der Waals surface area contributed by atoms with Crippen LogP contribution < -0.4 is 11.1 Å². The maximum atomic E-state index is 12.1. The zero-order valence-corrected chi connectivity index (χ0v) is 13.5. The largest absolute Gasteiger partial charge is 0.353 e. The molecule has 0 aromatic rings. The maximum absolute atomic E-state index is 12.1. The van der Waals surface area contributed by atoms with E-state index in [9.17, 15) is 4.79 Å². The van der Waals surface area contributed by atoms with Gasteiger partial charge in [0.25, 0.3) is 0 Å². The summed E-state index contributed by atoms with van der Waals surface area (Å²) in [5.74, 6) is 0.356. The first-order valence-corrected chi connectivity index (χ1v) is 8.90. The van der Waals surface area contributed by atoms with Crippen LogP contribution in [-0.2, 0) is 4.79 Å². The summed E-state index contributed by atoms with van der Waals surface area (Å²) in [5, 5.41) is 4.02. The quantitative estimate of drug-likeness (QED) is 0.756. The lowest BCUT2D eigenvalue weighted by Gasteiger charge is -2.29. The topological polar surface area (TPSA) is 55.1 Å². The number of amides is 1. The molecule has 0 bridgehead atoms. The van der Waals surface area contributed by atoms with Gasteiger partial charge < -0.3 is 11.1 Å². The molecule has 0 spiro atoms. The van der Waals surface area contributed by atoms with Gasteiger partial charge >= 0.3 is 0 Å². The van der Waals surface area contributed by atoms with E-state index >= 15 is 0 Å². The van der Waals surface area contributed by atoms with Crippen molar-refractivity contribution in [1.82, 2.24) is 5.32 Å². The maximum Gasteiger partial charge on any atom is 0.223 e. The molecule has 1 amide bonds. The molecule has 112 valence electrons. The van der Waals surface area contributed by atoms with E-state index in [0.29, 0.717) is 6.04 Å². The summed E-state index contributed by atoms with van der Waals surface area (Å²) >= 11 is 1.96. The van der Waals surface area contributed by atoms with Crippen molar-refractivity contribution in [2.24, 2.45) is 11.7 Å². The smallest absolute Gasteiger partial charge is 0.223 e. The van der Waals surface area contributed by atoms with Crippen molar-refractivity contribution in [2.45, 2.75) is 76.1 Å². The average molecular weight is 286 g/mol. The van der Waals surface area contributed by atoms with Crippen LogP contribution >= 0.6 is 11.8 Å². The first-order chi connectivity index (χ1) is 9.02. The third kappa shape index (κ3) is 6.66. The van der Waals surface area contributed by atoms with Crippen molar-refractivity contribution >= 4 is 17.7 Å². The summed E-state index contributed by atoms with van der Waals surface area (Å²) in [6.07, 6.45) is 9.96. The molecule has 1 aliphatic carbocycles. The normalized spacial score (nSPS) is 26.7. The number of thioether (sulfide) groups is 1. The molecule has 0 saturated heterocycles. The molecule has 1 aliphatic rings. The van der Waals surface area contributed by atoms with E-state index in [2.05, 4.69) is 11.6 Å². The minimum atomic E-state index is 0.122. The highest BCUT2D eigenvalue weighted by Gasteiger charge is 2.23. The molecule has 0 heterocycles. The number of carbonyl (C=O) groups excluding carboxylic acids is 1. The van der Waals surface area contributed by atoms with Crippen molar-refractivity contribution in [3.05, 3.63) is 0 Å². The third-order valence-electron chi connectivity index (χ3n) is 4.10. The third-order valence-corrected chi connectivity index (χ3v) is 5.24. The molecule has 4 heteroatoms. The van der Waals surface area contributed by atoms with Crippen molar-refractivity contribution in [3.63, 3.8) is 0 Å². The van der Waals surface area contributed by atoms with Crippen LogP contribution in [0.3, 0.4) is 0 Å². The molecule has 0 radical (unpaired) electrons. The van der Waals surface area contributed by atoms with Gasteiger partial charge in [0, 0.05) is 23.3 Å². The highest BCUT2D eigenvalue weighted by atomic mass is 32.2. The summed E-state index contributed by atoms with van der Waals surface area (Å²) < 4.78 is 0. The molecule has 2 unspecified atom stereocenters. The van der Waals surface area contributed by atoms with Crippen LogP contribution in [0.4, 0.5) is 0 Å². The number of hydrogen-bond acceptors (Lipinski definition) is 3. The first kappa shape index (κ1) is 16.8. The highest BCUT2D eigenvalue weighted by molar-refractivity contribution is 7.99. The Morgan fingerprint density at radius 2 is 1.89 bits per heavy atom. The Morgan fingerprint density at radius 1 is 1.26 bits per heavy atom. The van der Waals surface area contributed by atoms with E-state index in [4.69, 9.17) is 5.73 Å². The molecular formula is C15H30N2OS. The van der Waals surface area contributed by atoms with Crippen molar-refractivity contribution < 1.29 is 4.79 Å². The van der Waals surface area contributed by atoms with Gasteiger partial charge in [-0.15, -0.1) is 0 Å². The molecule has 0 aromatic heterocycles. The van der Waals surface area contributed by atoms with Gasteiger partial charge in [-0.05, 0) is 51.7 Å². The Morgan fingerprint density at radius 3 is 2.42 bits per heavy atom. The molecule has 2 atom stereocenters. The summed E-state index contributed by atoms with van der Waals surface area (Å²) in [5.41, 5.74) is 5.73. The monoisotopic (exact) mass is 286 g/mol. The number of carbonyl (C=O) groups is 1. The zero-order valence-electron chi connectivity index (χ0n) is 12.7. The van der Waals surface area contributed by atoms with Gasteiger partial charge in [-0.25, -0.2) is 0 Å². The van der Waals surface area contributed by atoms with Gasteiger partial charge in [0.15, 0.2) is 0 Å². The second kappa shape index (κ2) is 8.85. The molecule has 1 fully saturated rings. The van der Waals surface area contributed by atoms with Crippen molar-refractivity contribution in [2.75, 3.05) is 6.26 Å². The fourth-order valence-corrected chi connectivity index (χ4v) is 3.41. The molecule has 19 heavy (non-hydrogen) atoms. The Balaban J connectivity index is 2.19. The fraction of sp³-hybridized carbons (Fsp3) is 0.933. The highest BCUT2D eigenvalue weighted by Crippen LogP contribution is 2.27. The Bertz CT molecular complexity index is 263. The number of hydrogen-bond donors (Lipinski definition) is 2. The van der Waals surface area contributed by atoms with E-state index in [-0.39, 0.29) is 17.9 Å². The lowest BCUT2D eigenvalue weighted by atomic mass is 9.94. The molecule has 0 aliphatic heterocycles. The number of nitrogens with two attached hydrogens (primary N) is 1. The zero-order chi connectivity index (χ0) is 14.3. The Labute approximate surface area is 122 Å². The summed E-state index contributed by atoms with van der Waals surface area (Å²) in [7, 11) is 0. The van der Waals surface area contributed by atoms with Gasteiger partial charge in [0.2, 0.25) is 5.91 Å². The Hall–Kier alpha value is -0.220. The predicted molar refractivity (Wildman–Crippen MR) is 84.4 cm³/mol.